The Bertz CT molecular complexity index is 951. The van der Waals surface area contributed by atoms with Gasteiger partial charge in [0.1, 0.15) is 0 Å². The third kappa shape index (κ3) is 4.68. The smallest absolute Gasteiger partial charge is 0.253 e. The Morgan fingerprint density at radius 1 is 0.828 bits per heavy atom. The van der Waals surface area contributed by atoms with E-state index in [0.29, 0.717) is 6.04 Å². The number of aryl methyl sites for hydroxylation is 2. The van der Waals surface area contributed by atoms with Crippen LogP contribution in [0.5, 0.6) is 0 Å². The summed E-state index contributed by atoms with van der Waals surface area (Å²) in [6.45, 7) is 5.84. The Labute approximate surface area is 173 Å². The Morgan fingerprint density at radius 2 is 1.41 bits per heavy atom. The number of likely N-dealkylation sites (tertiary alicyclic amines) is 1. The first-order valence-corrected chi connectivity index (χ1v) is 10.4. The lowest BCUT2D eigenvalue weighted by molar-refractivity contribution is 0.0718. The summed E-state index contributed by atoms with van der Waals surface area (Å²) in [7, 11) is 0. The van der Waals surface area contributed by atoms with Crippen LogP contribution < -0.4 is 5.32 Å². The van der Waals surface area contributed by atoms with Crippen LogP contribution in [0.3, 0.4) is 0 Å². The number of piperidine rings is 1. The summed E-state index contributed by atoms with van der Waals surface area (Å²) in [5, 5.41) is 3.65. The molecule has 0 saturated carbocycles. The van der Waals surface area contributed by atoms with Crippen molar-refractivity contribution in [1.29, 1.82) is 0 Å². The summed E-state index contributed by atoms with van der Waals surface area (Å²) < 4.78 is 0. The zero-order chi connectivity index (χ0) is 20.2. The van der Waals surface area contributed by atoms with Crippen LogP contribution in [-0.4, -0.2) is 29.9 Å². The van der Waals surface area contributed by atoms with Crippen LogP contribution >= 0.6 is 0 Å². The van der Waals surface area contributed by atoms with Gasteiger partial charge in [-0.3, -0.25) is 4.79 Å². The maximum absolute atomic E-state index is 12.9. The van der Waals surface area contributed by atoms with E-state index in [1.807, 2.05) is 47.4 Å². The van der Waals surface area contributed by atoms with Crippen LogP contribution in [0.15, 0.2) is 72.8 Å². The highest BCUT2D eigenvalue weighted by Crippen LogP contribution is 2.22. The van der Waals surface area contributed by atoms with Gasteiger partial charge >= 0.3 is 0 Å². The number of carbonyl (C=O) groups is 1. The number of nitrogens with one attached hydrogen (secondary N) is 1. The second-order valence-corrected chi connectivity index (χ2v) is 8.03. The molecule has 0 aromatic heterocycles. The van der Waals surface area contributed by atoms with Crippen molar-refractivity contribution < 1.29 is 4.79 Å². The Morgan fingerprint density at radius 3 is 2.03 bits per heavy atom. The van der Waals surface area contributed by atoms with Crippen LogP contribution in [0.25, 0.3) is 11.1 Å². The monoisotopic (exact) mass is 384 g/mol. The average Bonchev–Trinajstić information content (AvgIpc) is 2.74. The lowest BCUT2D eigenvalue weighted by Gasteiger charge is -2.33. The van der Waals surface area contributed by atoms with Gasteiger partial charge in [0.25, 0.3) is 5.91 Å². The van der Waals surface area contributed by atoms with Crippen molar-refractivity contribution in [3.63, 3.8) is 0 Å². The minimum Gasteiger partial charge on any atom is -0.382 e. The first-order valence-electron chi connectivity index (χ1n) is 10.4. The van der Waals surface area contributed by atoms with Crippen molar-refractivity contribution >= 4 is 11.6 Å². The zero-order valence-corrected chi connectivity index (χ0v) is 17.2. The van der Waals surface area contributed by atoms with Crippen LogP contribution in [-0.2, 0) is 0 Å². The number of amides is 1. The number of hydrogen-bond acceptors (Lipinski definition) is 2. The fraction of sp³-hybridized carbons (Fsp3) is 0.269. The molecule has 0 spiro atoms. The topological polar surface area (TPSA) is 32.3 Å². The van der Waals surface area contributed by atoms with E-state index in [4.69, 9.17) is 0 Å². The minimum absolute atomic E-state index is 0.134. The van der Waals surface area contributed by atoms with E-state index in [2.05, 4.69) is 49.5 Å². The van der Waals surface area contributed by atoms with E-state index in [1.54, 1.807) is 0 Å². The lowest BCUT2D eigenvalue weighted by atomic mass is 10.0. The van der Waals surface area contributed by atoms with Gasteiger partial charge in [-0.15, -0.1) is 0 Å². The van der Waals surface area contributed by atoms with Crippen molar-refractivity contribution in [2.45, 2.75) is 32.7 Å². The molecular weight excluding hydrogens is 356 g/mol. The minimum atomic E-state index is 0.134. The molecule has 3 nitrogen and oxygen atoms in total. The molecule has 4 rings (SSSR count). The largest absolute Gasteiger partial charge is 0.382 e. The van der Waals surface area contributed by atoms with Crippen molar-refractivity contribution in [3.8, 4) is 11.1 Å². The van der Waals surface area contributed by atoms with E-state index in [-0.39, 0.29) is 5.91 Å². The number of carbonyl (C=O) groups excluding carboxylic acids is 1. The lowest BCUT2D eigenvalue weighted by Crippen LogP contribution is -2.42. The molecule has 0 atom stereocenters. The average molecular weight is 385 g/mol. The molecule has 1 N–H and O–H groups in total. The van der Waals surface area contributed by atoms with Crippen LogP contribution in [0.4, 0.5) is 5.69 Å². The first kappa shape index (κ1) is 19.3. The molecule has 0 bridgehead atoms. The van der Waals surface area contributed by atoms with Gasteiger partial charge in [0.2, 0.25) is 0 Å². The molecule has 29 heavy (non-hydrogen) atoms. The van der Waals surface area contributed by atoms with Crippen LogP contribution in [0.1, 0.15) is 34.3 Å². The third-order valence-corrected chi connectivity index (χ3v) is 5.61. The molecule has 1 heterocycles. The number of benzene rings is 3. The van der Waals surface area contributed by atoms with Gasteiger partial charge in [0, 0.05) is 30.4 Å². The second kappa shape index (κ2) is 8.52. The highest BCUT2D eigenvalue weighted by atomic mass is 16.2. The normalized spacial score (nSPS) is 14.6. The Balaban J connectivity index is 1.35. The van der Waals surface area contributed by atoms with E-state index in [9.17, 15) is 4.79 Å². The highest BCUT2D eigenvalue weighted by molar-refractivity contribution is 5.94. The van der Waals surface area contributed by atoms with Crippen molar-refractivity contribution in [3.05, 3.63) is 89.5 Å². The molecule has 3 aromatic carbocycles. The molecule has 1 amide bonds. The molecule has 0 unspecified atom stereocenters. The molecule has 0 aliphatic carbocycles. The van der Waals surface area contributed by atoms with Gasteiger partial charge in [-0.25, -0.2) is 0 Å². The van der Waals surface area contributed by atoms with E-state index in [1.165, 1.54) is 22.4 Å². The van der Waals surface area contributed by atoms with Crippen molar-refractivity contribution in [1.82, 2.24) is 4.90 Å². The van der Waals surface area contributed by atoms with Gasteiger partial charge in [-0.2, -0.15) is 0 Å². The Kier molecular flexibility index (Phi) is 5.66. The summed E-state index contributed by atoms with van der Waals surface area (Å²) in [6, 6.07) is 25.2. The van der Waals surface area contributed by atoms with Gasteiger partial charge in [0.15, 0.2) is 0 Å². The molecule has 1 aliphatic heterocycles. The van der Waals surface area contributed by atoms with Gasteiger partial charge in [-0.1, -0.05) is 48.5 Å². The van der Waals surface area contributed by atoms with E-state index >= 15 is 0 Å². The van der Waals surface area contributed by atoms with Gasteiger partial charge in [-0.05, 0) is 73.2 Å². The first-order chi connectivity index (χ1) is 14.1. The molecule has 148 valence electrons. The molecular formula is C26H28N2O. The number of nitrogens with zero attached hydrogens (tertiary/aromatic N) is 1. The predicted molar refractivity (Wildman–Crippen MR) is 120 cm³/mol. The third-order valence-electron chi connectivity index (χ3n) is 5.61. The number of rotatable bonds is 4. The molecule has 1 saturated heterocycles. The molecule has 0 radical (unpaired) electrons. The summed E-state index contributed by atoms with van der Waals surface area (Å²) in [6.07, 6.45) is 1.95. The quantitative estimate of drug-likeness (QED) is 0.627. The summed E-state index contributed by atoms with van der Waals surface area (Å²) in [5.41, 5.74) is 6.82. The molecule has 3 aromatic rings. The Hall–Kier alpha value is -3.07. The standard InChI is InChI=1S/C26H28N2O/c1-19-16-20(2)18-25(17-19)27-24-12-14-28(15-13-24)26(29)23-10-8-22(9-11-23)21-6-4-3-5-7-21/h3-11,16-18,24,27H,12-15H2,1-2H3. The maximum Gasteiger partial charge on any atom is 0.253 e. The molecule has 3 heteroatoms. The van der Waals surface area contributed by atoms with Crippen molar-refractivity contribution in [2.24, 2.45) is 0 Å². The van der Waals surface area contributed by atoms with E-state index in [0.717, 1.165) is 37.1 Å². The van der Waals surface area contributed by atoms with Gasteiger partial charge < -0.3 is 10.2 Å². The molecule has 1 aliphatic rings. The van der Waals surface area contributed by atoms with Crippen LogP contribution in [0.2, 0.25) is 0 Å². The maximum atomic E-state index is 12.9. The molecule has 1 fully saturated rings. The summed E-state index contributed by atoms with van der Waals surface area (Å²) in [5.74, 6) is 0.134. The predicted octanol–water partition coefficient (Wildman–Crippen LogP) is 5.69. The summed E-state index contributed by atoms with van der Waals surface area (Å²) in [4.78, 5) is 14.9. The fourth-order valence-electron chi connectivity index (χ4n) is 4.14. The van der Waals surface area contributed by atoms with Gasteiger partial charge in [0.05, 0.1) is 0 Å². The SMILES string of the molecule is Cc1cc(C)cc(NC2CCN(C(=O)c3ccc(-c4ccccc4)cc3)CC2)c1. The summed E-state index contributed by atoms with van der Waals surface area (Å²) >= 11 is 0. The highest BCUT2D eigenvalue weighted by Gasteiger charge is 2.23. The number of anilines is 1. The van der Waals surface area contributed by atoms with Crippen molar-refractivity contribution in [2.75, 3.05) is 18.4 Å². The number of hydrogen-bond donors (Lipinski definition) is 1. The zero-order valence-electron chi connectivity index (χ0n) is 17.2. The van der Waals surface area contributed by atoms with Crippen LogP contribution in [0, 0.1) is 13.8 Å². The fourth-order valence-corrected chi connectivity index (χ4v) is 4.14. The van der Waals surface area contributed by atoms with E-state index < -0.39 is 0 Å². The second-order valence-electron chi connectivity index (χ2n) is 8.03.